The lowest BCUT2D eigenvalue weighted by Gasteiger charge is -2.22. The molecule has 1 atom stereocenters. The van der Waals surface area contributed by atoms with Crippen LogP contribution in [0.5, 0.6) is 0 Å². The zero-order valence-electron chi connectivity index (χ0n) is 11.4. The molecule has 19 heavy (non-hydrogen) atoms. The maximum atomic E-state index is 4.25. The van der Waals surface area contributed by atoms with Gasteiger partial charge in [0.05, 0.1) is 6.20 Å². The first-order valence-electron chi connectivity index (χ1n) is 7.13. The Morgan fingerprint density at radius 1 is 1.37 bits per heavy atom. The van der Waals surface area contributed by atoms with E-state index in [9.17, 15) is 0 Å². The lowest BCUT2D eigenvalue weighted by Crippen LogP contribution is -2.31. The van der Waals surface area contributed by atoms with Gasteiger partial charge >= 0.3 is 0 Å². The Morgan fingerprint density at radius 3 is 3.11 bits per heavy atom. The van der Waals surface area contributed by atoms with Gasteiger partial charge in [-0.25, -0.2) is 0 Å². The molecule has 1 fully saturated rings. The highest BCUT2D eigenvalue weighted by atomic mass is 15.1. The van der Waals surface area contributed by atoms with Crippen molar-refractivity contribution in [1.29, 1.82) is 0 Å². The van der Waals surface area contributed by atoms with E-state index in [-0.39, 0.29) is 0 Å². The van der Waals surface area contributed by atoms with Crippen LogP contribution in [0, 0.1) is 12.8 Å². The van der Waals surface area contributed by atoms with Gasteiger partial charge in [-0.05, 0) is 50.8 Å². The van der Waals surface area contributed by atoms with Crippen molar-refractivity contribution in [3.8, 4) is 11.1 Å². The van der Waals surface area contributed by atoms with Gasteiger partial charge in [0, 0.05) is 11.3 Å². The maximum absolute atomic E-state index is 4.25. The number of nitrogens with zero attached hydrogens (tertiary/aromatic N) is 1. The molecule has 0 aliphatic carbocycles. The van der Waals surface area contributed by atoms with Crippen LogP contribution in [0.15, 0.2) is 30.5 Å². The van der Waals surface area contributed by atoms with Gasteiger partial charge in [0.15, 0.2) is 0 Å². The van der Waals surface area contributed by atoms with Crippen molar-refractivity contribution in [1.82, 2.24) is 15.5 Å². The van der Waals surface area contributed by atoms with Gasteiger partial charge in [-0.2, -0.15) is 5.10 Å². The molecule has 100 valence electrons. The summed E-state index contributed by atoms with van der Waals surface area (Å²) in [6.45, 7) is 4.44. The van der Waals surface area contributed by atoms with Crippen LogP contribution >= 0.6 is 0 Å². The van der Waals surface area contributed by atoms with E-state index in [1.54, 1.807) is 0 Å². The van der Waals surface area contributed by atoms with Gasteiger partial charge in [-0.3, -0.25) is 5.10 Å². The minimum Gasteiger partial charge on any atom is -0.316 e. The molecule has 2 aromatic rings. The quantitative estimate of drug-likeness (QED) is 0.885. The van der Waals surface area contributed by atoms with Gasteiger partial charge in [-0.1, -0.05) is 29.8 Å². The maximum Gasteiger partial charge on any atom is 0.0568 e. The molecule has 3 rings (SSSR count). The number of nitrogens with one attached hydrogen (secondary N) is 2. The first-order valence-corrected chi connectivity index (χ1v) is 7.13. The summed E-state index contributed by atoms with van der Waals surface area (Å²) in [4.78, 5) is 0. The zero-order chi connectivity index (χ0) is 13.1. The van der Waals surface area contributed by atoms with Crippen LogP contribution in [-0.4, -0.2) is 23.3 Å². The molecule has 1 aromatic heterocycles. The summed E-state index contributed by atoms with van der Waals surface area (Å²) >= 11 is 0. The summed E-state index contributed by atoms with van der Waals surface area (Å²) in [6.07, 6.45) is 5.66. The minimum atomic E-state index is 0.734. The number of aryl methyl sites for hydroxylation is 1. The third kappa shape index (κ3) is 2.87. The Hall–Kier alpha value is -1.61. The summed E-state index contributed by atoms with van der Waals surface area (Å²) in [5.74, 6) is 0.734. The average Bonchev–Trinajstić information content (AvgIpc) is 2.88. The number of rotatable bonds is 3. The Bertz CT molecular complexity index is 538. The molecular weight excluding hydrogens is 234 g/mol. The molecule has 0 radical (unpaired) electrons. The van der Waals surface area contributed by atoms with E-state index in [1.165, 1.54) is 41.8 Å². The molecule has 0 amide bonds. The molecule has 2 heterocycles. The number of H-pyrrole nitrogens is 1. The van der Waals surface area contributed by atoms with Crippen molar-refractivity contribution < 1.29 is 0 Å². The summed E-state index contributed by atoms with van der Waals surface area (Å²) in [7, 11) is 0. The second-order valence-electron chi connectivity index (χ2n) is 5.55. The van der Waals surface area contributed by atoms with E-state index in [4.69, 9.17) is 0 Å². The van der Waals surface area contributed by atoms with E-state index in [0.717, 1.165) is 18.9 Å². The number of piperidine rings is 1. The molecule has 1 aromatic carbocycles. The summed E-state index contributed by atoms with van der Waals surface area (Å²) < 4.78 is 0. The van der Waals surface area contributed by atoms with Crippen LogP contribution in [0.1, 0.15) is 24.1 Å². The molecule has 1 aliphatic rings. The number of aromatic amines is 1. The first-order chi connectivity index (χ1) is 9.33. The van der Waals surface area contributed by atoms with Crippen molar-refractivity contribution in [3.05, 3.63) is 41.7 Å². The van der Waals surface area contributed by atoms with Gasteiger partial charge in [-0.15, -0.1) is 0 Å². The Balaban J connectivity index is 1.81. The van der Waals surface area contributed by atoms with Gasteiger partial charge < -0.3 is 5.32 Å². The predicted octanol–water partition coefficient (Wildman–Crippen LogP) is 2.93. The fraction of sp³-hybridized carbons (Fsp3) is 0.438. The van der Waals surface area contributed by atoms with Crippen molar-refractivity contribution in [3.63, 3.8) is 0 Å². The molecule has 3 heteroatoms. The molecule has 0 saturated carbocycles. The lowest BCUT2D eigenvalue weighted by atomic mass is 9.92. The lowest BCUT2D eigenvalue weighted by molar-refractivity contribution is 0.373. The van der Waals surface area contributed by atoms with Crippen molar-refractivity contribution >= 4 is 0 Å². The van der Waals surface area contributed by atoms with E-state index < -0.39 is 0 Å². The highest BCUT2D eigenvalue weighted by molar-refractivity contribution is 5.65. The van der Waals surface area contributed by atoms with Crippen molar-refractivity contribution in [2.24, 2.45) is 5.92 Å². The van der Waals surface area contributed by atoms with Gasteiger partial charge in [0.25, 0.3) is 0 Å². The van der Waals surface area contributed by atoms with E-state index in [1.807, 2.05) is 6.20 Å². The van der Waals surface area contributed by atoms with E-state index in [0.29, 0.717) is 0 Å². The summed E-state index contributed by atoms with van der Waals surface area (Å²) in [5, 5.41) is 10.9. The molecule has 0 spiro atoms. The van der Waals surface area contributed by atoms with Crippen LogP contribution in [-0.2, 0) is 6.42 Å². The molecule has 1 saturated heterocycles. The minimum absolute atomic E-state index is 0.734. The fourth-order valence-corrected chi connectivity index (χ4v) is 2.92. The van der Waals surface area contributed by atoms with Crippen molar-refractivity contribution in [2.75, 3.05) is 13.1 Å². The second kappa shape index (κ2) is 5.57. The number of hydrogen-bond donors (Lipinski definition) is 2. The molecule has 0 bridgehead atoms. The van der Waals surface area contributed by atoms with Crippen LogP contribution in [0.3, 0.4) is 0 Å². The molecule has 1 unspecified atom stereocenters. The molecule has 1 aliphatic heterocycles. The standard InChI is InChI=1S/C16H21N3/c1-12-4-2-6-14(8-12)15-11-18-19-16(15)9-13-5-3-7-17-10-13/h2,4,6,8,11,13,17H,3,5,7,9-10H2,1H3,(H,18,19). The zero-order valence-corrected chi connectivity index (χ0v) is 11.4. The third-order valence-corrected chi connectivity index (χ3v) is 3.94. The highest BCUT2D eigenvalue weighted by Crippen LogP contribution is 2.26. The predicted molar refractivity (Wildman–Crippen MR) is 78.1 cm³/mol. The fourth-order valence-electron chi connectivity index (χ4n) is 2.92. The molecular formula is C16H21N3. The highest BCUT2D eigenvalue weighted by Gasteiger charge is 2.17. The van der Waals surface area contributed by atoms with E-state index in [2.05, 4.69) is 46.7 Å². The SMILES string of the molecule is Cc1cccc(-c2cn[nH]c2CC2CCCNC2)c1. The number of aromatic nitrogens is 2. The smallest absolute Gasteiger partial charge is 0.0568 e. The van der Waals surface area contributed by atoms with Crippen LogP contribution in [0.2, 0.25) is 0 Å². The number of hydrogen-bond acceptors (Lipinski definition) is 2. The molecule has 2 N–H and O–H groups in total. The monoisotopic (exact) mass is 255 g/mol. The summed E-state index contributed by atoms with van der Waals surface area (Å²) in [6, 6.07) is 8.64. The second-order valence-corrected chi connectivity index (χ2v) is 5.55. The first kappa shape index (κ1) is 12.4. The Kier molecular flexibility index (Phi) is 3.65. The Morgan fingerprint density at radius 2 is 2.32 bits per heavy atom. The van der Waals surface area contributed by atoms with Crippen LogP contribution < -0.4 is 5.32 Å². The van der Waals surface area contributed by atoms with Crippen LogP contribution in [0.4, 0.5) is 0 Å². The summed E-state index contributed by atoms with van der Waals surface area (Å²) in [5.41, 5.74) is 5.10. The normalized spacial score (nSPS) is 19.5. The Labute approximate surface area is 114 Å². The topological polar surface area (TPSA) is 40.7 Å². The van der Waals surface area contributed by atoms with Gasteiger partial charge in [0.1, 0.15) is 0 Å². The third-order valence-electron chi connectivity index (χ3n) is 3.94. The van der Waals surface area contributed by atoms with E-state index >= 15 is 0 Å². The van der Waals surface area contributed by atoms with Crippen LogP contribution in [0.25, 0.3) is 11.1 Å². The van der Waals surface area contributed by atoms with Gasteiger partial charge in [0.2, 0.25) is 0 Å². The average molecular weight is 255 g/mol. The number of benzene rings is 1. The largest absolute Gasteiger partial charge is 0.316 e. The molecule has 3 nitrogen and oxygen atoms in total. The van der Waals surface area contributed by atoms with Crippen molar-refractivity contribution in [2.45, 2.75) is 26.2 Å².